The van der Waals surface area contributed by atoms with Crippen molar-refractivity contribution in [3.05, 3.63) is 5.82 Å². The summed E-state index contributed by atoms with van der Waals surface area (Å²) in [7, 11) is 0. The first-order valence-corrected chi connectivity index (χ1v) is 6.49. The quantitative estimate of drug-likeness (QED) is 0.675. The van der Waals surface area contributed by atoms with Crippen LogP contribution in [0.4, 0.5) is 0 Å². The molecule has 1 aliphatic carbocycles. The number of aromatic amines is 1. The first kappa shape index (κ1) is 11.6. The fraction of sp³-hybridized carbons (Fsp3) is 0.778. The lowest BCUT2D eigenvalue weighted by Gasteiger charge is -1.99. The van der Waals surface area contributed by atoms with Crippen LogP contribution in [0.3, 0.4) is 0 Å². The Hall–Kier alpha value is 0.0700. The first-order chi connectivity index (χ1) is 6.85. The van der Waals surface area contributed by atoms with Crippen LogP contribution in [0.15, 0.2) is 5.16 Å². The number of aromatic nitrogens is 3. The van der Waals surface area contributed by atoms with Gasteiger partial charge in [-0.25, -0.2) is 4.98 Å². The molecule has 0 aromatic carbocycles. The normalized spacial score (nSPS) is 26.6. The van der Waals surface area contributed by atoms with Crippen molar-refractivity contribution in [1.82, 2.24) is 15.2 Å². The second-order valence-corrected chi connectivity index (χ2v) is 6.78. The molecular weight excluding hydrogens is 253 g/mol. The lowest BCUT2D eigenvalue weighted by Crippen LogP contribution is -1.96. The van der Waals surface area contributed by atoms with Gasteiger partial charge < -0.3 is 0 Å². The van der Waals surface area contributed by atoms with Gasteiger partial charge in [-0.2, -0.15) is 0 Å². The number of nitrogens with zero attached hydrogens (tertiary/aromatic N) is 2. The maximum atomic E-state index is 6.17. The number of hydrogen-bond donors (Lipinski definition) is 1. The maximum Gasteiger partial charge on any atom is 0.208 e. The van der Waals surface area contributed by atoms with Crippen LogP contribution in [0.1, 0.15) is 19.7 Å². The van der Waals surface area contributed by atoms with E-state index in [1.54, 1.807) is 11.8 Å². The molecule has 0 radical (unpaired) electrons. The predicted octanol–water partition coefficient (Wildman–Crippen LogP) is 3.04. The molecular formula is C9H13Cl2N3S. The average molecular weight is 266 g/mol. The molecule has 1 saturated carbocycles. The maximum absolute atomic E-state index is 6.17. The highest BCUT2D eigenvalue weighted by Gasteiger charge is 2.69. The molecule has 1 unspecified atom stereocenters. The van der Waals surface area contributed by atoms with Crippen molar-refractivity contribution in [2.45, 2.75) is 30.3 Å². The molecule has 0 saturated heterocycles. The van der Waals surface area contributed by atoms with E-state index in [2.05, 4.69) is 29.0 Å². The van der Waals surface area contributed by atoms with Crippen LogP contribution in [0.5, 0.6) is 0 Å². The van der Waals surface area contributed by atoms with Gasteiger partial charge in [0.15, 0.2) is 0 Å². The van der Waals surface area contributed by atoms with Crippen LogP contribution < -0.4 is 0 Å². The van der Waals surface area contributed by atoms with E-state index in [4.69, 9.17) is 23.2 Å². The van der Waals surface area contributed by atoms with E-state index in [1.807, 2.05) is 6.92 Å². The van der Waals surface area contributed by atoms with Crippen molar-refractivity contribution in [2.24, 2.45) is 11.3 Å². The SMILES string of the molecule is Cc1nc(SCC2C(C)(C)C2(Cl)Cl)n[nH]1. The van der Waals surface area contributed by atoms with Gasteiger partial charge in [0.25, 0.3) is 0 Å². The Morgan fingerprint density at radius 2 is 2.07 bits per heavy atom. The van der Waals surface area contributed by atoms with Crippen LogP contribution >= 0.6 is 35.0 Å². The molecule has 1 aromatic rings. The van der Waals surface area contributed by atoms with Crippen molar-refractivity contribution >= 4 is 35.0 Å². The molecule has 84 valence electrons. The summed E-state index contributed by atoms with van der Waals surface area (Å²) < 4.78 is -0.592. The third kappa shape index (κ3) is 1.87. The van der Waals surface area contributed by atoms with E-state index < -0.39 is 4.33 Å². The molecule has 1 aromatic heterocycles. The standard InChI is InChI=1S/C9H13Cl2N3S/c1-5-12-7(14-13-5)15-4-6-8(2,3)9(6,10)11/h6H,4H2,1-3H3,(H,12,13,14). The smallest absolute Gasteiger partial charge is 0.208 e. The zero-order chi connectivity index (χ0) is 11.3. The van der Waals surface area contributed by atoms with Crippen molar-refractivity contribution in [3.8, 4) is 0 Å². The van der Waals surface area contributed by atoms with Crippen LogP contribution in [0.25, 0.3) is 0 Å². The summed E-state index contributed by atoms with van der Waals surface area (Å²) in [5, 5.41) is 7.62. The second-order valence-electron chi connectivity index (χ2n) is 4.41. The van der Waals surface area contributed by atoms with E-state index in [9.17, 15) is 0 Å². The van der Waals surface area contributed by atoms with Gasteiger partial charge in [0.2, 0.25) is 5.16 Å². The summed E-state index contributed by atoms with van der Waals surface area (Å²) in [5.74, 6) is 1.99. The second kappa shape index (κ2) is 3.54. The molecule has 0 aliphatic heterocycles. The lowest BCUT2D eigenvalue weighted by molar-refractivity contribution is 0.585. The highest BCUT2D eigenvalue weighted by Crippen LogP contribution is 2.69. The van der Waals surface area contributed by atoms with Crippen molar-refractivity contribution < 1.29 is 0 Å². The molecule has 1 heterocycles. The molecule has 0 bridgehead atoms. The molecule has 6 heteroatoms. The molecule has 2 rings (SSSR count). The summed E-state index contributed by atoms with van der Waals surface area (Å²) >= 11 is 13.9. The van der Waals surface area contributed by atoms with Gasteiger partial charge in [0, 0.05) is 17.1 Å². The summed E-state index contributed by atoms with van der Waals surface area (Å²) in [6.45, 7) is 6.05. The highest BCUT2D eigenvalue weighted by molar-refractivity contribution is 7.99. The summed E-state index contributed by atoms with van der Waals surface area (Å²) in [6, 6.07) is 0. The van der Waals surface area contributed by atoms with Crippen molar-refractivity contribution in [3.63, 3.8) is 0 Å². The Kier molecular flexibility index (Phi) is 2.72. The molecule has 3 nitrogen and oxygen atoms in total. The number of halogens is 2. The minimum atomic E-state index is -0.592. The Bertz CT molecular complexity index is 361. The first-order valence-electron chi connectivity index (χ1n) is 4.75. The van der Waals surface area contributed by atoms with Gasteiger partial charge in [-0.3, -0.25) is 5.10 Å². The largest absolute Gasteiger partial charge is 0.262 e. The van der Waals surface area contributed by atoms with Crippen molar-refractivity contribution in [2.75, 3.05) is 5.75 Å². The number of hydrogen-bond acceptors (Lipinski definition) is 3. The van der Waals surface area contributed by atoms with Gasteiger partial charge in [0.1, 0.15) is 10.2 Å². The van der Waals surface area contributed by atoms with Gasteiger partial charge in [-0.1, -0.05) is 25.6 Å². The topological polar surface area (TPSA) is 41.6 Å². The Morgan fingerprint density at radius 3 is 2.47 bits per heavy atom. The molecule has 1 N–H and O–H groups in total. The molecule has 1 fully saturated rings. The highest BCUT2D eigenvalue weighted by atomic mass is 35.5. The van der Waals surface area contributed by atoms with Gasteiger partial charge >= 0.3 is 0 Å². The molecule has 1 atom stereocenters. The Balaban J connectivity index is 1.91. The van der Waals surface area contributed by atoms with E-state index >= 15 is 0 Å². The lowest BCUT2D eigenvalue weighted by atomic mass is 10.1. The van der Waals surface area contributed by atoms with E-state index in [-0.39, 0.29) is 5.41 Å². The average Bonchev–Trinajstić information content (AvgIpc) is 2.50. The zero-order valence-electron chi connectivity index (χ0n) is 8.84. The Labute approximate surface area is 103 Å². The number of H-pyrrole nitrogens is 1. The number of nitrogens with one attached hydrogen (secondary N) is 1. The van der Waals surface area contributed by atoms with E-state index in [1.165, 1.54) is 0 Å². The monoisotopic (exact) mass is 265 g/mol. The summed E-state index contributed by atoms with van der Waals surface area (Å²) in [6.07, 6.45) is 0. The third-order valence-corrected chi connectivity index (χ3v) is 5.48. The van der Waals surface area contributed by atoms with Gasteiger partial charge in [0.05, 0.1) is 0 Å². The van der Waals surface area contributed by atoms with Crippen molar-refractivity contribution in [1.29, 1.82) is 0 Å². The van der Waals surface area contributed by atoms with E-state index in [0.717, 1.165) is 16.7 Å². The molecule has 0 spiro atoms. The van der Waals surface area contributed by atoms with E-state index in [0.29, 0.717) is 5.92 Å². The molecule has 15 heavy (non-hydrogen) atoms. The van der Waals surface area contributed by atoms with Crippen LogP contribution in [0.2, 0.25) is 0 Å². The van der Waals surface area contributed by atoms with Crippen LogP contribution in [0, 0.1) is 18.3 Å². The van der Waals surface area contributed by atoms with Gasteiger partial charge in [-0.15, -0.1) is 28.3 Å². The zero-order valence-corrected chi connectivity index (χ0v) is 11.2. The summed E-state index contributed by atoms with van der Waals surface area (Å²) in [5.41, 5.74) is -0.00549. The minimum absolute atomic E-state index is 0.00549. The van der Waals surface area contributed by atoms with Crippen LogP contribution in [-0.2, 0) is 0 Å². The fourth-order valence-electron chi connectivity index (χ4n) is 1.61. The molecule has 0 amide bonds. The van der Waals surface area contributed by atoms with Gasteiger partial charge in [-0.05, 0) is 6.92 Å². The third-order valence-electron chi connectivity index (χ3n) is 3.04. The summed E-state index contributed by atoms with van der Waals surface area (Å²) in [4.78, 5) is 4.22. The number of alkyl halides is 2. The minimum Gasteiger partial charge on any atom is -0.262 e. The number of rotatable bonds is 3. The fourth-order valence-corrected chi connectivity index (χ4v) is 3.95. The predicted molar refractivity (Wildman–Crippen MR) is 63.6 cm³/mol. The Morgan fingerprint density at radius 1 is 1.47 bits per heavy atom. The van der Waals surface area contributed by atoms with Crippen LogP contribution in [-0.4, -0.2) is 25.3 Å². The number of thioether (sulfide) groups is 1. The number of aryl methyl sites for hydroxylation is 1. The molecule has 1 aliphatic rings.